The summed E-state index contributed by atoms with van der Waals surface area (Å²) < 4.78 is 0. The van der Waals surface area contributed by atoms with E-state index in [0.717, 1.165) is 42.0 Å². The third-order valence-corrected chi connectivity index (χ3v) is 4.76. The molecule has 0 saturated carbocycles. The molecule has 5 nitrogen and oxygen atoms in total. The van der Waals surface area contributed by atoms with Gasteiger partial charge in [0.05, 0.1) is 23.3 Å². The van der Waals surface area contributed by atoms with Crippen molar-refractivity contribution in [3.63, 3.8) is 0 Å². The Balaban J connectivity index is 1.88. The minimum absolute atomic E-state index is 0.0253. The summed E-state index contributed by atoms with van der Waals surface area (Å²) in [6.07, 6.45) is 10.2. The predicted molar refractivity (Wildman–Crippen MR) is 99.4 cm³/mol. The molecule has 0 fully saturated rings. The van der Waals surface area contributed by atoms with Crippen molar-refractivity contribution in [1.29, 1.82) is 0 Å². The molecule has 0 radical (unpaired) electrons. The second kappa shape index (κ2) is 8.19. The molecule has 0 aromatic carbocycles. The quantitative estimate of drug-likeness (QED) is 0.905. The van der Waals surface area contributed by atoms with Gasteiger partial charge in [0.15, 0.2) is 0 Å². The zero-order chi connectivity index (χ0) is 17.6. The van der Waals surface area contributed by atoms with Crippen molar-refractivity contribution >= 4 is 11.6 Å². The van der Waals surface area contributed by atoms with Crippen molar-refractivity contribution in [3.05, 3.63) is 35.2 Å². The van der Waals surface area contributed by atoms with Gasteiger partial charge in [0.2, 0.25) is 5.91 Å². The second-order valence-electron chi connectivity index (χ2n) is 6.74. The Bertz CT molecular complexity index is 740. The molecule has 5 heteroatoms. The maximum absolute atomic E-state index is 11.7. The van der Waals surface area contributed by atoms with Gasteiger partial charge in [-0.15, -0.1) is 5.10 Å². The van der Waals surface area contributed by atoms with Crippen LogP contribution < -0.4 is 5.32 Å². The number of hydrogen-bond donors (Lipinski definition) is 1. The highest BCUT2D eigenvalue weighted by Crippen LogP contribution is 2.29. The van der Waals surface area contributed by atoms with Crippen LogP contribution in [0.5, 0.6) is 0 Å². The fraction of sp³-hybridized carbons (Fsp3) is 0.500. The fourth-order valence-corrected chi connectivity index (χ4v) is 3.43. The molecule has 1 amide bonds. The normalized spacial score (nSPS) is 14.3. The van der Waals surface area contributed by atoms with Crippen LogP contribution in [0.3, 0.4) is 0 Å². The first-order valence-electron chi connectivity index (χ1n) is 9.30. The van der Waals surface area contributed by atoms with E-state index in [1.807, 2.05) is 19.1 Å². The number of carbonyl (C=O) groups excluding carboxylic acids is 1. The van der Waals surface area contributed by atoms with Crippen LogP contribution in [0.4, 0.5) is 5.69 Å². The van der Waals surface area contributed by atoms with Gasteiger partial charge >= 0.3 is 0 Å². The van der Waals surface area contributed by atoms with Crippen LogP contribution in [0, 0.1) is 6.92 Å². The maximum atomic E-state index is 11.7. The summed E-state index contributed by atoms with van der Waals surface area (Å²) in [6, 6.07) is 3.83. The van der Waals surface area contributed by atoms with Crippen LogP contribution in [0.25, 0.3) is 11.4 Å². The van der Waals surface area contributed by atoms with E-state index in [2.05, 4.69) is 27.4 Å². The van der Waals surface area contributed by atoms with Crippen molar-refractivity contribution in [2.45, 2.75) is 65.2 Å². The molecule has 2 heterocycles. The number of aryl methyl sites for hydroxylation is 1. The van der Waals surface area contributed by atoms with Gasteiger partial charge in [0.1, 0.15) is 5.69 Å². The Hall–Kier alpha value is -2.30. The number of pyridine rings is 1. The molecule has 0 saturated heterocycles. The largest absolute Gasteiger partial charge is 0.325 e. The number of aromatic nitrogens is 3. The number of anilines is 1. The molecule has 2 aromatic rings. The molecule has 0 unspecified atom stereocenters. The van der Waals surface area contributed by atoms with Gasteiger partial charge in [-0.2, -0.15) is 5.10 Å². The first-order chi connectivity index (χ1) is 12.2. The standard InChI is InChI=1S/C20H26N4O/c1-3-8-19(25)22-15-11-12-18(21-13-15)20-17-10-7-5-4-6-9-16(17)14(2)23-24-20/h11-13H,3-10H2,1-2H3,(H,22,25). The van der Waals surface area contributed by atoms with E-state index in [1.54, 1.807) is 6.20 Å². The molecule has 132 valence electrons. The fourth-order valence-electron chi connectivity index (χ4n) is 3.43. The highest BCUT2D eigenvalue weighted by atomic mass is 16.1. The summed E-state index contributed by atoms with van der Waals surface area (Å²) in [7, 11) is 0. The lowest BCUT2D eigenvalue weighted by molar-refractivity contribution is -0.116. The molecule has 0 spiro atoms. The zero-order valence-corrected chi connectivity index (χ0v) is 15.1. The second-order valence-corrected chi connectivity index (χ2v) is 6.74. The highest BCUT2D eigenvalue weighted by molar-refractivity contribution is 5.90. The van der Waals surface area contributed by atoms with Crippen LogP contribution >= 0.6 is 0 Å². The van der Waals surface area contributed by atoms with Crippen LogP contribution in [-0.2, 0) is 17.6 Å². The van der Waals surface area contributed by atoms with E-state index < -0.39 is 0 Å². The van der Waals surface area contributed by atoms with E-state index in [4.69, 9.17) is 0 Å². The predicted octanol–water partition coefficient (Wildman–Crippen LogP) is 4.24. The molecule has 0 bridgehead atoms. The summed E-state index contributed by atoms with van der Waals surface area (Å²) in [6.45, 7) is 4.04. The lowest BCUT2D eigenvalue weighted by Gasteiger charge is -2.18. The van der Waals surface area contributed by atoms with Crippen molar-refractivity contribution in [1.82, 2.24) is 15.2 Å². The SMILES string of the molecule is CCCC(=O)Nc1ccc(-c2nnc(C)c3c2CCCCCC3)nc1. The van der Waals surface area contributed by atoms with Gasteiger partial charge < -0.3 is 5.32 Å². The topological polar surface area (TPSA) is 67.8 Å². The molecule has 1 aliphatic carbocycles. The van der Waals surface area contributed by atoms with Crippen molar-refractivity contribution in [3.8, 4) is 11.4 Å². The minimum atomic E-state index is 0.0253. The number of amides is 1. The Morgan fingerprint density at radius 1 is 1.08 bits per heavy atom. The van der Waals surface area contributed by atoms with E-state index in [9.17, 15) is 4.79 Å². The summed E-state index contributed by atoms with van der Waals surface area (Å²) in [5.74, 6) is 0.0253. The van der Waals surface area contributed by atoms with E-state index in [-0.39, 0.29) is 5.91 Å². The third-order valence-electron chi connectivity index (χ3n) is 4.76. The monoisotopic (exact) mass is 338 g/mol. The Morgan fingerprint density at radius 3 is 2.52 bits per heavy atom. The Kier molecular flexibility index (Phi) is 5.74. The van der Waals surface area contributed by atoms with Crippen LogP contribution in [0.2, 0.25) is 0 Å². The van der Waals surface area contributed by atoms with Crippen LogP contribution in [-0.4, -0.2) is 21.1 Å². The van der Waals surface area contributed by atoms with Gasteiger partial charge in [-0.3, -0.25) is 9.78 Å². The van der Waals surface area contributed by atoms with E-state index in [0.29, 0.717) is 6.42 Å². The molecule has 3 rings (SSSR count). The number of carbonyl (C=O) groups is 1. The first-order valence-corrected chi connectivity index (χ1v) is 9.30. The van der Waals surface area contributed by atoms with E-state index >= 15 is 0 Å². The molecular weight excluding hydrogens is 312 g/mol. The Labute approximate surface area is 149 Å². The minimum Gasteiger partial charge on any atom is -0.325 e. The van der Waals surface area contributed by atoms with Gasteiger partial charge in [-0.1, -0.05) is 19.8 Å². The number of rotatable bonds is 4. The van der Waals surface area contributed by atoms with Crippen LogP contribution in [0.1, 0.15) is 62.3 Å². The van der Waals surface area contributed by atoms with Gasteiger partial charge in [-0.25, -0.2) is 0 Å². The third kappa shape index (κ3) is 4.21. The highest BCUT2D eigenvalue weighted by Gasteiger charge is 2.18. The summed E-state index contributed by atoms with van der Waals surface area (Å²) >= 11 is 0. The lowest BCUT2D eigenvalue weighted by atomic mass is 9.91. The van der Waals surface area contributed by atoms with Crippen LogP contribution in [0.15, 0.2) is 18.3 Å². The number of hydrogen-bond acceptors (Lipinski definition) is 4. The molecule has 2 aromatic heterocycles. The molecule has 0 aliphatic heterocycles. The van der Waals surface area contributed by atoms with Crippen molar-refractivity contribution in [2.75, 3.05) is 5.32 Å². The number of fused-ring (bicyclic) bond motifs is 1. The average molecular weight is 338 g/mol. The van der Waals surface area contributed by atoms with E-state index in [1.165, 1.54) is 36.8 Å². The smallest absolute Gasteiger partial charge is 0.224 e. The summed E-state index contributed by atoms with van der Waals surface area (Å²) in [5.41, 5.74) is 6.16. The van der Waals surface area contributed by atoms with Gasteiger partial charge in [-0.05, 0) is 62.3 Å². The summed E-state index contributed by atoms with van der Waals surface area (Å²) in [4.78, 5) is 16.2. The van der Waals surface area contributed by atoms with Gasteiger partial charge in [0.25, 0.3) is 0 Å². The van der Waals surface area contributed by atoms with Crippen molar-refractivity contribution in [2.24, 2.45) is 0 Å². The molecule has 1 aliphatic rings. The zero-order valence-electron chi connectivity index (χ0n) is 15.1. The van der Waals surface area contributed by atoms with Crippen molar-refractivity contribution < 1.29 is 4.79 Å². The number of nitrogens with zero attached hydrogens (tertiary/aromatic N) is 3. The summed E-state index contributed by atoms with van der Waals surface area (Å²) in [5, 5.41) is 11.7. The molecule has 25 heavy (non-hydrogen) atoms. The number of nitrogens with one attached hydrogen (secondary N) is 1. The Morgan fingerprint density at radius 2 is 1.84 bits per heavy atom. The first kappa shape index (κ1) is 17.5. The maximum Gasteiger partial charge on any atom is 0.224 e. The molecule has 1 N–H and O–H groups in total. The lowest BCUT2D eigenvalue weighted by Crippen LogP contribution is -2.11. The molecular formula is C20H26N4O. The molecule has 0 atom stereocenters. The average Bonchev–Trinajstić information content (AvgIpc) is 2.57. The van der Waals surface area contributed by atoms with Gasteiger partial charge in [0, 0.05) is 6.42 Å².